The number of hydrogen-bond donors (Lipinski definition) is 2. The van der Waals surface area contributed by atoms with E-state index >= 15 is 0 Å². The Bertz CT molecular complexity index is 588. The van der Waals surface area contributed by atoms with Gasteiger partial charge in [-0.2, -0.15) is 0 Å². The van der Waals surface area contributed by atoms with E-state index in [0.29, 0.717) is 11.1 Å². The fourth-order valence-corrected chi connectivity index (χ4v) is 2.08. The highest BCUT2D eigenvalue weighted by Gasteiger charge is 2.12. The fourth-order valence-electron chi connectivity index (χ4n) is 2.08. The number of aromatic carboxylic acids is 1. The Morgan fingerprint density at radius 2 is 1.72 bits per heavy atom. The van der Waals surface area contributed by atoms with Gasteiger partial charge in [0.2, 0.25) is 0 Å². The number of carboxylic acid groups (broad SMARTS) is 1. The average Bonchev–Trinajstić information content (AvgIpc) is 2.38. The van der Waals surface area contributed by atoms with E-state index in [4.69, 9.17) is 5.11 Å². The molecule has 92 valence electrons. The van der Waals surface area contributed by atoms with Gasteiger partial charge in [0.25, 0.3) is 0 Å². The van der Waals surface area contributed by atoms with Crippen molar-refractivity contribution in [1.29, 1.82) is 0 Å². The molecule has 0 aromatic heterocycles. The van der Waals surface area contributed by atoms with Gasteiger partial charge < -0.3 is 10.2 Å². The van der Waals surface area contributed by atoms with E-state index in [1.54, 1.807) is 19.1 Å². The molecule has 0 spiro atoms. The first kappa shape index (κ1) is 12.3. The maximum Gasteiger partial charge on any atom is 0.335 e. The molecule has 2 aromatic rings. The van der Waals surface area contributed by atoms with Crippen molar-refractivity contribution in [2.24, 2.45) is 0 Å². The lowest BCUT2D eigenvalue weighted by Gasteiger charge is -2.12. The van der Waals surface area contributed by atoms with E-state index in [2.05, 4.69) is 0 Å². The molecule has 18 heavy (non-hydrogen) atoms. The molecule has 0 aliphatic carbocycles. The van der Waals surface area contributed by atoms with Crippen molar-refractivity contribution in [3.63, 3.8) is 0 Å². The van der Waals surface area contributed by atoms with Crippen molar-refractivity contribution >= 4 is 5.97 Å². The second kappa shape index (κ2) is 5.02. The second-order valence-corrected chi connectivity index (χ2v) is 4.10. The Balaban J connectivity index is 2.64. The number of aliphatic hydroxyl groups is 1. The largest absolute Gasteiger partial charge is 0.478 e. The summed E-state index contributed by atoms with van der Waals surface area (Å²) in [6, 6.07) is 12.6. The van der Waals surface area contributed by atoms with Crippen LogP contribution < -0.4 is 0 Å². The van der Waals surface area contributed by atoms with Gasteiger partial charge in [-0.15, -0.1) is 0 Å². The summed E-state index contributed by atoms with van der Waals surface area (Å²) < 4.78 is 0. The highest BCUT2D eigenvalue weighted by atomic mass is 16.4. The zero-order chi connectivity index (χ0) is 13.1. The zero-order valence-corrected chi connectivity index (χ0v) is 10.1. The third-order valence-corrected chi connectivity index (χ3v) is 3.04. The van der Waals surface area contributed by atoms with Gasteiger partial charge in [-0.1, -0.05) is 36.4 Å². The Kier molecular flexibility index (Phi) is 3.44. The summed E-state index contributed by atoms with van der Waals surface area (Å²) in [7, 11) is 0. The molecule has 0 fully saturated rings. The Labute approximate surface area is 105 Å². The number of carbonyl (C=O) groups is 1. The van der Waals surface area contributed by atoms with Crippen molar-refractivity contribution in [2.45, 2.75) is 13.5 Å². The maximum absolute atomic E-state index is 11.1. The third kappa shape index (κ3) is 2.13. The molecule has 0 aliphatic heterocycles. The van der Waals surface area contributed by atoms with Crippen molar-refractivity contribution in [1.82, 2.24) is 0 Å². The lowest BCUT2D eigenvalue weighted by atomic mass is 9.93. The highest BCUT2D eigenvalue weighted by molar-refractivity contribution is 5.92. The maximum atomic E-state index is 11.1. The lowest BCUT2D eigenvalue weighted by molar-refractivity contribution is 0.0696. The van der Waals surface area contributed by atoms with Crippen LogP contribution in [0.15, 0.2) is 42.5 Å². The van der Waals surface area contributed by atoms with E-state index in [9.17, 15) is 9.90 Å². The Morgan fingerprint density at radius 1 is 1.06 bits per heavy atom. The average molecular weight is 242 g/mol. The molecule has 0 saturated heterocycles. The van der Waals surface area contributed by atoms with Crippen LogP contribution in [0.25, 0.3) is 11.1 Å². The minimum atomic E-state index is -0.934. The van der Waals surface area contributed by atoms with E-state index in [1.807, 2.05) is 30.3 Å². The standard InChI is InChI=1S/C15H14O3/c1-10-12(7-4-8-13(10)15(17)18)14-6-3-2-5-11(14)9-16/h2-8,16H,9H2,1H3,(H,17,18). The molecule has 3 heteroatoms. The number of rotatable bonds is 3. The molecule has 2 rings (SSSR count). The molecule has 0 radical (unpaired) electrons. The smallest absolute Gasteiger partial charge is 0.335 e. The number of carboxylic acids is 1. The van der Waals surface area contributed by atoms with Crippen LogP contribution >= 0.6 is 0 Å². The van der Waals surface area contributed by atoms with Crippen LogP contribution in [0.2, 0.25) is 0 Å². The first-order valence-corrected chi connectivity index (χ1v) is 5.67. The van der Waals surface area contributed by atoms with Gasteiger partial charge in [0.1, 0.15) is 0 Å². The van der Waals surface area contributed by atoms with Gasteiger partial charge in [-0.3, -0.25) is 0 Å². The Hall–Kier alpha value is -2.13. The molecule has 2 N–H and O–H groups in total. The molecular formula is C15H14O3. The summed E-state index contributed by atoms with van der Waals surface area (Å²) in [5.74, 6) is -0.934. The molecule has 0 atom stereocenters. The molecule has 0 heterocycles. The molecule has 3 nitrogen and oxygen atoms in total. The summed E-state index contributed by atoms with van der Waals surface area (Å²) in [6.45, 7) is 1.72. The van der Waals surface area contributed by atoms with Gasteiger partial charge >= 0.3 is 5.97 Å². The monoisotopic (exact) mass is 242 g/mol. The summed E-state index contributed by atoms with van der Waals surface area (Å²) in [5.41, 5.74) is 3.52. The van der Waals surface area contributed by atoms with Crippen LogP contribution in [0, 0.1) is 6.92 Å². The third-order valence-electron chi connectivity index (χ3n) is 3.04. The van der Waals surface area contributed by atoms with Gasteiger partial charge in [0.15, 0.2) is 0 Å². The minimum Gasteiger partial charge on any atom is -0.478 e. The summed E-state index contributed by atoms with van der Waals surface area (Å²) in [4.78, 5) is 11.1. The van der Waals surface area contributed by atoms with Crippen LogP contribution in [-0.2, 0) is 6.61 Å². The van der Waals surface area contributed by atoms with Crippen molar-refractivity contribution in [2.75, 3.05) is 0 Å². The van der Waals surface area contributed by atoms with E-state index in [0.717, 1.165) is 16.7 Å². The van der Waals surface area contributed by atoms with E-state index in [1.165, 1.54) is 0 Å². The topological polar surface area (TPSA) is 57.5 Å². The fraction of sp³-hybridized carbons (Fsp3) is 0.133. The summed E-state index contributed by atoms with van der Waals surface area (Å²) >= 11 is 0. The second-order valence-electron chi connectivity index (χ2n) is 4.10. The van der Waals surface area contributed by atoms with Crippen LogP contribution in [-0.4, -0.2) is 16.2 Å². The highest BCUT2D eigenvalue weighted by Crippen LogP contribution is 2.28. The molecule has 0 bridgehead atoms. The molecular weight excluding hydrogens is 228 g/mol. The summed E-state index contributed by atoms with van der Waals surface area (Å²) in [5, 5.41) is 18.4. The van der Waals surface area contributed by atoms with Crippen molar-refractivity contribution in [3.8, 4) is 11.1 Å². The normalized spacial score (nSPS) is 10.3. The van der Waals surface area contributed by atoms with Crippen molar-refractivity contribution in [3.05, 3.63) is 59.2 Å². The van der Waals surface area contributed by atoms with E-state index < -0.39 is 5.97 Å². The molecule has 0 unspecified atom stereocenters. The van der Waals surface area contributed by atoms with Gasteiger partial charge in [-0.25, -0.2) is 4.79 Å². The van der Waals surface area contributed by atoms with E-state index in [-0.39, 0.29) is 6.61 Å². The van der Waals surface area contributed by atoms with Crippen LogP contribution in [0.4, 0.5) is 0 Å². The van der Waals surface area contributed by atoms with Crippen LogP contribution in [0.1, 0.15) is 21.5 Å². The lowest BCUT2D eigenvalue weighted by Crippen LogP contribution is -2.01. The predicted octanol–water partition coefficient (Wildman–Crippen LogP) is 2.85. The van der Waals surface area contributed by atoms with Gasteiger partial charge in [-0.05, 0) is 35.2 Å². The molecule has 0 amide bonds. The molecule has 0 aliphatic rings. The zero-order valence-electron chi connectivity index (χ0n) is 10.1. The predicted molar refractivity (Wildman–Crippen MR) is 69.5 cm³/mol. The number of benzene rings is 2. The quantitative estimate of drug-likeness (QED) is 0.870. The minimum absolute atomic E-state index is 0.0626. The Morgan fingerprint density at radius 3 is 2.39 bits per heavy atom. The number of hydrogen-bond acceptors (Lipinski definition) is 2. The first-order valence-electron chi connectivity index (χ1n) is 5.67. The first-order chi connectivity index (χ1) is 8.65. The summed E-state index contributed by atoms with van der Waals surface area (Å²) in [6.07, 6.45) is 0. The molecule has 2 aromatic carbocycles. The van der Waals surface area contributed by atoms with Gasteiger partial charge in [0, 0.05) is 0 Å². The van der Waals surface area contributed by atoms with Crippen LogP contribution in [0.3, 0.4) is 0 Å². The van der Waals surface area contributed by atoms with Crippen LogP contribution in [0.5, 0.6) is 0 Å². The van der Waals surface area contributed by atoms with Gasteiger partial charge in [0.05, 0.1) is 12.2 Å². The molecule has 0 saturated carbocycles. The number of aliphatic hydroxyl groups excluding tert-OH is 1. The van der Waals surface area contributed by atoms with Crippen molar-refractivity contribution < 1.29 is 15.0 Å². The SMILES string of the molecule is Cc1c(C(=O)O)cccc1-c1ccccc1CO.